The smallest absolute Gasteiger partial charge is 0.336 e. The van der Waals surface area contributed by atoms with E-state index in [9.17, 15) is 9.90 Å². The minimum absolute atomic E-state index is 0.297. The number of carboxylic acids is 1. The first-order chi connectivity index (χ1) is 10.2. The summed E-state index contributed by atoms with van der Waals surface area (Å²) in [5.74, 6) is 0.907. The highest BCUT2D eigenvalue weighted by Gasteiger charge is 2.11. The lowest BCUT2D eigenvalue weighted by atomic mass is 10.1. The zero-order chi connectivity index (χ0) is 15.1. The van der Waals surface area contributed by atoms with Crippen LogP contribution in [0.25, 0.3) is 10.9 Å². The van der Waals surface area contributed by atoms with Crippen molar-refractivity contribution >= 4 is 34.5 Å². The van der Waals surface area contributed by atoms with Crippen LogP contribution in [0.3, 0.4) is 0 Å². The number of carboxylic acid groups (broad SMARTS) is 1. The first kappa shape index (κ1) is 15.6. The van der Waals surface area contributed by atoms with Crippen LogP contribution in [0.2, 0.25) is 0 Å². The van der Waals surface area contributed by atoms with Gasteiger partial charge in [-0.05, 0) is 37.0 Å². The molecule has 0 aliphatic carbocycles. The molecule has 0 unspecified atom stereocenters. The summed E-state index contributed by atoms with van der Waals surface area (Å²) in [6.45, 7) is 0.818. The number of nitrogens with one attached hydrogen (secondary N) is 1. The molecule has 1 heterocycles. The Hall–Kier alpha value is -1.75. The molecule has 0 aliphatic heterocycles. The predicted octanol–water partition coefficient (Wildman–Crippen LogP) is 3.88. The molecule has 0 saturated carbocycles. The molecule has 112 valence electrons. The highest BCUT2D eigenvalue weighted by atomic mass is 32.2. The fourth-order valence-electron chi connectivity index (χ4n) is 2.21. The van der Waals surface area contributed by atoms with E-state index in [1.54, 1.807) is 12.1 Å². The van der Waals surface area contributed by atoms with Crippen LogP contribution in [0, 0.1) is 0 Å². The summed E-state index contributed by atoms with van der Waals surface area (Å²) < 4.78 is 0. The lowest BCUT2D eigenvalue weighted by Gasteiger charge is -2.09. The van der Waals surface area contributed by atoms with Crippen molar-refractivity contribution in [2.45, 2.75) is 19.3 Å². The van der Waals surface area contributed by atoms with Crippen LogP contribution < -0.4 is 5.32 Å². The molecular weight excluding hydrogens is 284 g/mol. The number of aromatic nitrogens is 1. The molecule has 0 radical (unpaired) electrons. The maximum atomic E-state index is 11.4. The monoisotopic (exact) mass is 304 g/mol. The van der Waals surface area contributed by atoms with Crippen LogP contribution in [0.4, 0.5) is 5.82 Å². The van der Waals surface area contributed by atoms with Gasteiger partial charge in [-0.15, -0.1) is 0 Å². The van der Waals surface area contributed by atoms with Crippen LogP contribution >= 0.6 is 11.8 Å². The molecule has 0 spiro atoms. The number of hydrogen-bond acceptors (Lipinski definition) is 4. The van der Waals surface area contributed by atoms with Crippen molar-refractivity contribution in [2.75, 3.05) is 23.9 Å². The van der Waals surface area contributed by atoms with E-state index in [0.29, 0.717) is 22.3 Å². The molecular formula is C16H20N2O2S. The third kappa shape index (κ3) is 4.36. The molecule has 4 nitrogen and oxygen atoms in total. The van der Waals surface area contributed by atoms with Crippen molar-refractivity contribution in [1.29, 1.82) is 0 Å². The normalized spacial score (nSPS) is 10.7. The number of hydrogen-bond donors (Lipinski definition) is 2. The summed E-state index contributed by atoms with van der Waals surface area (Å²) in [5, 5.41) is 13.2. The summed E-state index contributed by atoms with van der Waals surface area (Å²) in [6, 6.07) is 8.94. The van der Waals surface area contributed by atoms with E-state index < -0.39 is 5.97 Å². The Morgan fingerprint density at radius 3 is 2.86 bits per heavy atom. The Morgan fingerprint density at radius 2 is 2.10 bits per heavy atom. The molecule has 2 aromatic rings. The molecule has 0 atom stereocenters. The molecule has 21 heavy (non-hydrogen) atoms. The first-order valence-electron chi connectivity index (χ1n) is 7.08. The van der Waals surface area contributed by atoms with Crippen LogP contribution in [0.1, 0.15) is 29.6 Å². The molecule has 0 amide bonds. The number of benzene rings is 1. The maximum Gasteiger partial charge on any atom is 0.336 e. The fraction of sp³-hybridized carbons (Fsp3) is 0.375. The third-order valence-electron chi connectivity index (χ3n) is 3.28. The van der Waals surface area contributed by atoms with E-state index in [0.717, 1.165) is 13.0 Å². The SMILES string of the molecule is CSCCCCCNc1cc(C(=O)O)c2ccccc2n1. The van der Waals surface area contributed by atoms with E-state index in [-0.39, 0.29) is 0 Å². The van der Waals surface area contributed by atoms with Gasteiger partial charge in [-0.2, -0.15) is 11.8 Å². The van der Waals surface area contributed by atoms with Crippen molar-refractivity contribution in [3.8, 4) is 0 Å². The van der Waals surface area contributed by atoms with Gasteiger partial charge < -0.3 is 10.4 Å². The summed E-state index contributed by atoms with van der Waals surface area (Å²) in [7, 11) is 0. The number of unbranched alkanes of at least 4 members (excludes halogenated alkanes) is 2. The predicted molar refractivity (Wildman–Crippen MR) is 89.4 cm³/mol. The average Bonchev–Trinajstić information content (AvgIpc) is 2.49. The molecule has 1 aromatic heterocycles. The largest absolute Gasteiger partial charge is 0.478 e. The summed E-state index contributed by atoms with van der Waals surface area (Å²) in [6.07, 6.45) is 5.57. The summed E-state index contributed by atoms with van der Waals surface area (Å²) in [5.41, 5.74) is 1.01. The van der Waals surface area contributed by atoms with Gasteiger partial charge in [-0.1, -0.05) is 24.6 Å². The second-order valence-corrected chi connectivity index (χ2v) is 5.84. The second kappa shape index (κ2) is 7.88. The molecule has 5 heteroatoms. The van der Waals surface area contributed by atoms with Gasteiger partial charge in [0, 0.05) is 11.9 Å². The van der Waals surface area contributed by atoms with Crippen LogP contribution in [-0.2, 0) is 0 Å². The van der Waals surface area contributed by atoms with Crippen LogP contribution in [0.15, 0.2) is 30.3 Å². The van der Waals surface area contributed by atoms with Gasteiger partial charge in [0.05, 0.1) is 11.1 Å². The van der Waals surface area contributed by atoms with Crippen LogP contribution in [0.5, 0.6) is 0 Å². The Labute approximate surface area is 129 Å². The number of anilines is 1. The number of fused-ring (bicyclic) bond motifs is 1. The Balaban J connectivity index is 2.05. The zero-order valence-corrected chi connectivity index (χ0v) is 12.9. The quantitative estimate of drug-likeness (QED) is 0.725. The molecule has 0 aliphatic rings. The van der Waals surface area contributed by atoms with Crippen LogP contribution in [-0.4, -0.2) is 34.6 Å². The molecule has 2 rings (SSSR count). The van der Waals surface area contributed by atoms with E-state index >= 15 is 0 Å². The fourth-order valence-corrected chi connectivity index (χ4v) is 2.70. The number of para-hydroxylation sites is 1. The van der Waals surface area contributed by atoms with E-state index in [4.69, 9.17) is 0 Å². The van der Waals surface area contributed by atoms with Crippen molar-refractivity contribution in [3.63, 3.8) is 0 Å². The topological polar surface area (TPSA) is 62.2 Å². The first-order valence-corrected chi connectivity index (χ1v) is 8.47. The number of nitrogens with zero attached hydrogens (tertiary/aromatic N) is 1. The highest BCUT2D eigenvalue weighted by Crippen LogP contribution is 2.20. The van der Waals surface area contributed by atoms with Gasteiger partial charge in [-0.25, -0.2) is 9.78 Å². The van der Waals surface area contributed by atoms with E-state index in [1.807, 2.05) is 30.0 Å². The lowest BCUT2D eigenvalue weighted by Crippen LogP contribution is -2.06. The Morgan fingerprint density at radius 1 is 1.29 bits per heavy atom. The van der Waals surface area contributed by atoms with Crippen molar-refractivity contribution in [3.05, 3.63) is 35.9 Å². The molecule has 0 fully saturated rings. The Kier molecular flexibility index (Phi) is 5.87. The standard InChI is InChI=1S/C16H20N2O2S/c1-21-10-6-2-5-9-17-15-11-13(16(19)20)12-7-3-4-8-14(12)18-15/h3-4,7-8,11H,2,5-6,9-10H2,1H3,(H,17,18)(H,19,20). The summed E-state index contributed by atoms with van der Waals surface area (Å²) in [4.78, 5) is 15.8. The number of rotatable bonds is 8. The summed E-state index contributed by atoms with van der Waals surface area (Å²) >= 11 is 1.86. The molecule has 0 saturated heterocycles. The molecule has 1 aromatic carbocycles. The maximum absolute atomic E-state index is 11.4. The van der Waals surface area contributed by atoms with E-state index in [1.165, 1.54) is 18.6 Å². The number of pyridine rings is 1. The van der Waals surface area contributed by atoms with Gasteiger partial charge in [-0.3, -0.25) is 0 Å². The van der Waals surface area contributed by atoms with Gasteiger partial charge >= 0.3 is 5.97 Å². The second-order valence-electron chi connectivity index (χ2n) is 4.86. The zero-order valence-electron chi connectivity index (χ0n) is 12.1. The minimum atomic E-state index is -0.920. The molecule has 2 N–H and O–H groups in total. The highest BCUT2D eigenvalue weighted by molar-refractivity contribution is 7.98. The Bertz CT molecular complexity index is 616. The lowest BCUT2D eigenvalue weighted by molar-refractivity contribution is 0.0699. The van der Waals surface area contributed by atoms with Crippen molar-refractivity contribution < 1.29 is 9.90 Å². The number of aromatic carboxylic acids is 1. The van der Waals surface area contributed by atoms with Gasteiger partial charge in [0.25, 0.3) is 0 Å². The van der Waals surface area contributed by atoms with Crippen molar-refractivity contribution in [2.24, 2.45) is 0 Å². The van der Waals surface area contributed by atoms with E-state index in [2.05, 4.69) is 16.6 Å². The van der Waals surface area contributed by atoms with Crippen molar-refractivity contribution in [1.82, 2.24) is 4.98 Å². The minimum Gasteiger partial charge on any atom is -0.478 e. The third-order valence-corrected chi connectivity index (χ3v) is 3.97. The van der Waals surface area contributed by atoms with Gasteiger partial charge in [0.15, 0.2) is 0 Å². The van der Waals surface area contributed by atoms with Gasteiger partial charge in [0.2, 0.25) is 0 Å². The van der Waals surface area contributed by atoms with Gasteiger partial charge in [0.1, 0.15) is 5.82 Å². The number of carbonyl (C=O) groups is 1. The number of thioether (sulfide) groups is 1. The molecule has 0 bridgehead atoms. The average molecular weight is 304 g/mol.